The van der Waals surface area contributed by atoms with Crippen molar-refractivity contribution in [3.8, 4) is 0 Å². The number of aromatic amines is 1. The number of carbonyl (C=O) groups is 1. The number of amides is 1. The van der Waals surface area contributed by atoms with Crippen molar-refractivity contribution in [1.82, 2.24) is 18.9 Å². The first-order valence-corrected chi connectivity index (χ1v) is 13.7. The summed E-state index contributed by atoms with van der Waals surface area (Å²) in [6.45, 7) is 4.62. The predicted octanol–water partition coefficient (Wildman–Crippen LogP) is 0.712. The lowest BCUT2D eigenvalue weighted by Crippen LogP contribution is -2.49. The minimum Gasteiger partial charge on any atom is -0.348 e. The van der Waals surface area contributed by atoms with Crippen molar-refractivity contribution >= 4 is 36.9 Å². The number of nitrogens with one attached hydrogen (secondary N) is 2. The molecule has 1 fully saturated rings. The van der Waals surface area contributed by atoms with Crippen LogP contribution < -0.4 is 10.9 Å². The van der Waals surface area contributed by atoms with E-state index >= 15 is 0 Å². The van der Waals surface area contributed by atoms with Gasteiger partial charge in [0.2, 0.25) is 25.6 Å². The van der Waals surface area contributed by atoms with Gasteiger partial charge in [0.15, 0.2) is 0 Å². The van der Waals surface area contributed by atoms with Gasteiger partial charge in [-0.05, 0) is 31.0 Å². The molecule has 10 nitrogen and oxygen atoms in total. The maximum atomic E-state index is 13.1. The topological polar surface area (TPSA) is 137 Å². The van der Waals surface area contributed by atoms with E-state index in [0.717, 1.165) is 12.3 Å². The molecular formula is C20H28N4O6S2. The molecule has 12 heteroatoms. The molecule has 1 aromatic carbocycles. The summed E-state index contributed by atoms with van der Waals surface area (Å²) in [7, 11) is -7.14. The van der Waals surface area contributed by atoms with Crippen LogP contribution in [0.4, 0.5) is 0 Å². The maximum absolute atomic E-state index is 13.1. The number of aromatic nitrogens is 1. The van der Waals surface area contributed by atoms with Gasteiger partial charge in [0.05, 0.1) is 16.7 Å². The largest absolute Gasteiger partial charge is 0.348 e. The standard InChI is InChI=1S/C20H28N4O6S2/c1-4-23(5-2)32(29,30)15-8-9-18-16(11-15)17(12-19(25)22-18)20(26)21-14-7-6-10-24(13-14)31(3,27)28/h8-9,11-12,14H,4-7,10,13H2,1-3H3,(H,21,26)(H,22,25). The van der Waals surface area contributed by atoms with Crippen molar-refractivity contribution in [1.29, 1.82) is 0 Å². The van der Waals surface area contributed by atoms with Crippen LogP contribution in [0.25, 0.3) is 10.9 Å². The highest BCUT2D eigenvalue weighted by atomic mass is 32.2. The number of nitrogens with zero attached hydrogens (tertiary/aromatic N) is 2. The molecule has 3 rings (SSSR count). The average Bonchev–Trinajstić information content (AvgIpc) is 2.73. The van der Waals surface area contributed by atoms with Gasteiger partial charge in [0, 0.05) is 49.2 Å². The Morgan fingerprint density at radius 1 is 1.19 bits per heavy atom. The molecule has 176 valence electrons. The fourth-order valence-corrected chi connectivity index (χ4v) is 6.31. The molecule has 1 saturated heterocycles. The van der Waals surface area contributed by atoms with E-state index in [1.54, 1.807) is 13.8 Å². The fourth-order valence-electron chi connectivity index (χ4n) is 3.92. The summed E-state index contributed by atoms with van der Waals surface area (Å²) in [6.07, 6.45) is 2.32. The monoisotopic (exact) mass is 484 g/mol. The molecule has 2 heterocycles. The van der Waals surface area contributed by atoms with Gasteiger partial charge in [0.25, 0.3) is 5.91 Å². The molecule has 1 aliphatic heterocycles. The lowest BCUT2D eigenvalue weighted by Gasteiger charge is -2.31. The van der Waals surface area contributed by atoms with Crippen molar-refractivity contribution in [3.63, 3.8) is 0 Å². The van der Waals surface area contributed by atoms with Gasteiger partial charge in [-0.2, -0.15) is 4.31 Å². The molecule has 1 aliphatic rings. The van der Waals surface area contributed by atoms with Gasteiger partial charge in [-0.3, -0.25) is 9.59 Å². The summed E-state index contributed by atoms with van der Waals surface area (Å²) >= 11 is 0. The lowest BCUT2D eigenvalue weighted by atomic mass is 10.1. The summed E-state index contributed by atoms with van der Waals surface area (Å²) in [5.41, 5.74) is -0.122. The van der Waals surface area contributed by atoms with Gasteiger partial charge in [-0.15, -0.1) is 0 Å². The zero-order valence-electron chi connectivity index (χ0n) is 18.3. The van der Waals surface area contributed by atoms with E-state index in [1.165, 1.54) is 26.8 Å². The molecule has 0 spiro atoms. The Morgan fingerprint density at radius 3 is 2.50 bits per heavy atom. The maximum Gasteiger partial charge on any atom is 0.252 e. The number of carbonyl (C=O) groups excluding carboxylic acids is 1. The number of hydrogen-bond acceptors (Lipinski definition) is 6. The molecule has 32 heavy (non-hydrogen) atoms. The van der Waals surface area contributed by atoms with E-state index in [-0.39, 0.29) is 17.0 Å². The van der Waals surface area contributed by atoms with Gasteiger partial charge in [-0.25, -0.2) is 21.1 Å². The summed E-state index contributed by atoms with van der Waals surface area (Å²) in [4.78, 5) is 27.8. The van der Waals surface area contributed by atoms with Crippen LogP contribution in [0.1, 0.15) is 37.0 Å². The van der Waals surface area contributed by atoms with Crippen LogP contribution in [0.5, 0.6) is 0 Å². The number of rotatable bonds is 7. The number of piperidine rings is 1. The van der Waals surface area contributed by atoms with Crippen LogP contribution in [0.2, 0.25) is 0 Å². The van der Waals surface area contributed by atoms with Crippen molar-refractivity contribution in [2.24, 2.45) is 0 Å². The molecule has 1 atom stereocenters. The fraction of sp³-hybridized carbons (Fsp3) is 0.500. The van der Waals surface area contributed by atoms with Crippen molar-refractivity contribution in [2.45, 2.75) is 37.6 Å². The second-order valence-electron chi connectivity index (χ2n) is 7.78. The normalized spacial score (nSPS) is 18.2. The smallest absolute Gasteiger partial charge is 0.252 e. The van der Waals surface area contributed by atoms with Crippen LogP contribution in [-0.2, 0) is 20.0 Å². The first-order chi connectivity index (χ1) is 15.0. The van der Waals surface area contributed by atoms with Gasteiger partial charge in [0.1, 0.15) is 0 Å². The summed E-state index contributed by atoms with van der Waals surface area (Å²) in [6, 6.07) is 4.97. The molecule has 1 amide bonds. The van der Waals surface area contributed by atoms with E-state index < -0.39 is 37.6 Å². The van der Waals surface area contributed by atoms with Crippen molar-refractivity contribution in [2.75, 3.05) is 32.4 Å². The van der Waals surface area contributed by atoms with Crippen molar-refractivity contribution < 1.29 is 21.6 Å². The van der Waals surface area contributed by atoms with Gasteiger partial charge in [-0.1, -0.05) is 13.8 Å². The van der Waals surface area contributed by atoms with Gasteiger partial charge >= 0.3 is 0 Å². The number of benzene rings is 1. The minimum atomic E-state index is -3.76. The Morgan fingerprint density at radius 2 is 1.88 bits per heavy atom. The summed E-state index contributed by atoms with van der Waals surface area (Å²) in [5, 5.41) is 3.10. The van der Waals surface area contributed by atoms with E-state index in [4.69, 9.17) is 0 Å². The highest BCUT2D eigenvalue weighted by Crippen LogP contribution is 2.23. The highest BCUT2D eigenvalue weighted by molar-refractivity contribution is 7.89. The van der Waals surface area contributed by atoms with E-state index in [0.29, 0.717) is 43.4 Å². The zero-order valence-corrected chi connectivity index (χ0v) is 19.9. The van der Waals surface area contributed by atoms with E-state index in [2.05, 4.69) is 10.3 Å². The molecule has 2 N–H and O–H groups in total. The second kappa shape index (κ2) is 9.30. The van der Waals surface area contributed by atoms with E-state index in [9.17, 15) is 26.4 Å². The number of pyridine rings is 1. The van der Waals surface area contributed by atoms with Crippen molar-refractivity contribution in [3.05, 3.63) is 40.2 Å². The number of H-pyrrole nitrogens is 1. The molecule has 0 aliphatic carbocycles. The average molecular weight is 485 g/mol. The zero-order chi connectivity index (χ0) is 23.7. The molecule has 2 aromatic rings. The highest BCUT2D eigenvalue weighted by Gasteiger charge is 2.28. The molecular weight excluding hydrogens is 456 g/mol. The first kappa shape index (κ1) is 24.4. The third kappa shape index (κ3) is 5.03. The SMILES string of the molecule is CCN(CC)S(=O)(=O)c1ccc2[nH]c(=O)cc(C(=O)NC3CCCN(S(C)(=O)=O)C3)c2c1. The molecule has 0 bridgehead atoms. The third-order valence-corrected chi connectivity index (χ3v) is 8.91. The number of fused-ring (bicyclic) bond motifs is 1. The third-order valence-electron chi connectivity index (χ3n) is 5.59. The van der Waals surface area contributed by atoms with Gasteiger partial charge < -0.3 is 10.3 Å². The van der Waals surface area contributed by atoms with Crippen LogP contribution in [-0.4, -0.2) is 74.8 Å². The Balaban J connectivity index is 1.98. The Labute approximate surface area is 187 Å². The van der Waals surface area contributed by atoms with Crippen LogP contribution in [0.15, 0.2) is 34.0 Å². The van der Waals surface area contributed by atoms with Crippen LogP contribution in [0.3, 0.4) is 0 Å². The van der Waals surface area contributed by atoms with Crippen LogP contribution in [0, 0.1) is 0 Å². The molecule has 0 saturated carbocycles. The second-order valence-corrected chi connectivity index (χ2v) is 11.7. The van der Waals surface area contributed by atoms with E-state index in [1.807, 2.05) is 0 Å². The Hall–Kier alpha value is -2.28. The quantitative estimate of drug-likeness (QED) is 0.594. The lowest BCUT2D eigenvalue weighted by molar-refractivity contribution is 0.0923. The Kier molecular flexibility index (Phi) is 7.08. The molecule has 1 aromatic heterocycles. The number of sulfonamides is 2. The molecule has 0 radical (unpaired) electrons. The molecule has 1 unspecified atom stereocenters. The predicted molar refractivity (Wildman–Crippen MR) is 122 cm³/mol. The summed E-state index contributed by atoms with van der Waals surface area (Å²) in [5.74, 6) is -0.557. The number of hydrogen-bond donors (Lipinski definition) is 2. The Bertz CT molecular complexity index is 1280. The summed E-state index contributed by atoms with van der Waals surface area (Å²) < 4.78 is 52.2. The first-order valence-electron chi connectivity index (χ1n) is 10.4. The van der Waals surface area contributed by atoms with Crippen LogP contribution >= 0.6 is 0 Å². The minimum absolute atomic E-state index is 0.0238.